The number of amidine groups is 1. The van der Waals surface area contributed by atoms with E-state index in [1.807, 2.05) is 31.4 Å². The highest BCUT2D eigenvalue weighted by molar-refractivity contribution is 6.00. The molecule has 3 rings (SSSR count). The Labute approximate surface area is 123 Å². The van der Waals surface area contributed by atoms with E-state index in [4.69, 9.17) is 9.47 Å². The first-order valence-electron chi connectivity index (χ1n) is 6.83. The lowest BCUT2D eigenvalue weighted by atomic mass is 10.2. The Bertz CT molecular complexity index is 663. The van der Waals surface area contributed by atoms with E-state index in [0.29, 0.717) is 18.1 Å². The molecule has 1 N–H and O–H groups in total. The van der Waals surface area contributed by atoms with Gasteiger partial charge in [0.1, 0.15) is 12.4 Å². The van der Waals surface area contributed by atoms with Crippen LogP contribution in [0.2, 0.25) is 0 Å². The van der Waals surface area contributed by atoms with E-state index in [9.17, 15) is 0 Å². The highest BCUT2D eigenvalue weighted by Crippen LogP contribution is 2.29. The minimum absolute atomic E-state index is 0.461. The average Bonchev–Trinajstić information content (AvgIpc) is 3.16. The summed E-state index contributed by atoms with van der Waals surface area (Å²) in [5.74, 6) is 2.32. The van der Waals surface area contributed by atoms with Gasteiger partial charge >= 0.3 is 0 Å². The summed E-state index contributed by atoms with van der Waals surface area (Å²) in [7, 11) is 3.52. The molecule has 0 atom stereocenters. The van der Waals surface area contributed by atoms with Crippen molar-refractivity contribution in [2.45, 2.75) is 6.61 Å². The fraction of sp³-hybridized carbons (Fsp3) is 0.333. The van der Waals surface area contributed by atoms with Gasteiger partial charge in [-0.2, -0.15) is 5.10 Å². The van der Waals surface area contributed by atoms with Crippen LogP contribution >= 0.6 is 0 Å². The summed E-state index contributed by atoms with van der Waals surface area (Å²) in [4.78, 5) is 4.41. The summed E-state index contributed by atoms with van der Waals surface area (Å²) in [6, 6.07) is 5.83. The molecule has 2 heterocycles. The number of hydrogen-bond donors (Lipinski definition) is 1. The molecular weight excluding hydrogens is 268 g/mol. The molecule has 0 saturated carbocycles. The van der Waals surface area contributed by atoms with Gasteiger partial charge in [0, 0.05) is 30.9 Å². The van der Waals surface area contributed by atoms with Crippen molar-refractivity contribution < 1.29 is 9.47 Å². The number of aromatic nitrogens is 2. The maximum Gasteiger partial charge on any atom is 0.161 e. The fourth-order valence-corrected chi connectivity index (χ4v) is 2.23. The average molecular weight is 286 g/mol. The molecular formula is C15H18N4O2. The molecule has 0 radical (unpaired) electrons. The predicted molar refractivity (Wildman–Crippen MR) is 79.9 cm³/mol. The van der Waals surface area contributed by atoms with Crippen LogP contribution in [-0.2, 0) is 13.7 Å². The monoisotopic (exact) mass is 286 g/mol. The highest BCUT2D eigenvalue weighted by Gasteiger charge is 2.12. The molecule has 6 nitrogen and oxygen atoms in total. The van der Waals surface area contributed by atoms with Crippen molar-refractivity contribution in [1.29, 1.82) is 0 Å². The van der Waals surface area contributed by atoms with Gasteiger partial charge in [-0.25, -0.2) is 0 Å². The molecule has 2 aromatic rings. The number of nitrogens with one attached hydrogen (secondary N) is 1. The number of rotatable bonds is 5. The molecule has 0 bridgehead atoms. The minimum atomic E-state index is 0.461. The molecule has 110 valence electrons. The Morgan fingerprint density at radius 2 is 2.24 bits per heavy atom. The first-order valence-corrected chi connectivity index (χ1v) is 6.83. The maximum absolute atomic E-state index is 5.81. The van der Waals surface area contributed by atoms with Crippen LogP contribution in [0.5, 0.6) is 11.5 Å². The number of aryl methyl sites for hydroxylation is 1. The molecule has 1 aliphatic heterocycles. The second-order valence-corrected chi connectivity index (χ2v) is 4.83. The van der Waals surface area contributed by atoms with Crippen molar-refractivity contribution in [3.05, 3.63) is 41.7 Å². The van der Waals surface area contributed by atoms with Gasteiger partial charge in [-0.1, -0.05) is 0 Å². The van der Waals surface area contributed by atoms with Crippen LogP contribution in [0.15, 0.2) is 35.6 Å². The summed E-state index contributed by atoms with van der Waals surface area (Å²) in [6.07, 6.45) is 3.72. The predicted octanol–water partition coefficient (Wildman–Crippen LogP) is 1.36. The molecule has 21 heavy (non-hydrogen) atoms. The molecule has 0 fully saturated rings. The largest absolute Gasteiger partial charge is 0.493 e. The van der Waals surface area contributed by atoms with Crippen LogP contribution in [0.1, 0.15) is 11.1 Å². The molecule has 6 heteroatoms. The molecule has 0 saturated heterocycles. The zero-order chi connectivity index (χ0) is 14.7. The van der Waals surface area contributed by atoms with Gasteiger partial charge in [0.05, 0.1) is 19.9 Å². The summed E-state index contributed by atoms with van der Waals surface area (Å²) >= 11 is 0. The van der Waals surface area contributed by atoms with Crippen molar-refractivity contribution in [2.75, 3.05) is 20.2 Å². The second kappa shape index (κ2) is 5.87. The van der Waals surface area contributed by atoms with Crippen molar-refractivity contribution in [3.8, 4) is 11.5 Å². The Hall–Kier alpha value is -2.50. The summed E-state index contributed by atoms with van der Waals surface area (Å²) in [5.41, 5.74) is 2.03. The fourth-order valence-electron chi connectivity index (χ4n) is 2.23. The highest BCUT2D eigenvalue weighted by atomic mass is 16.5. The third-order valence-corrected chi connectivity index (χ3v) is 3.26. The second-order valence-electron chi connectivity index (χ2n) is 4.83. The first kappa shape index (κ1) is 13.5. The summed E-state index contributed by atoms with van der Waals surface area (Å²) in [5, 5.41) is 7.37. The lowest BCUT2D eigenvalue weighted by Crippen LogP contribution is -2.19. The summed E-state index contributed by atoms with van der Waals surface area (Å²) < 4.78 is 13.0. The SMILES string of the molecule is COc1cc(C2=NCCN2)ccc1OCc1cnn(C)c1. The number of nitrogens with zero attached hydrogens (tertiary/aromatic N) is 3. The van der Waals surface area contributed by atoms with Gasteiger partial charge in [-0.05, 0) is 18.2 Å². The quantitative estimate of drug-likeness (QED) is 0.901. The Balaban J connectivity index is 1.75. The smallest absolute Gasteiger partial charge is 0.161 e. The topological polar surface area (TPSA) is 60.7 Å². The van der Waals surface area contributed by atoms with Crippen molar-refractivity contribution in [1.82, 2.24) is 15.1 Å². The van der Waals surface area contributed by atoms with Crippen LogP contribution in [0, 0.1) is 0 Å². The lowest BCUT2D eigenvalue weighted by molar-refractivity contribution is 0.284. The van der Waals surface area contributed by atoms with Crippen LogP contribution in [0.3, 0.4) is 0 Å². The van der Waals surface area contributed by atoms with E-state index in [-0.39, 0.29) is 0 Å². The third kappa shape index (κ3) is 2.99. The molecule has 0 amide bonds. The van der Waals surface area contributed by atoms with E-state index in [2.05, 4.69) is 15.4 Å². The number of aliphatic imine (C=N–C) groups is 1. The molecule has 1 aromatic carbocycles. The van der Waals surface area contributed by atoms with Gasteiger partial charge in [0.25, 0.3) is 0 Å². The first-order chi connectivity index (χ1) is 10.3. The van der Waals surface area contributed by atoms with Crippen molar-refractivity contribution >= 4 is 5.84 Å². The molecule has 0 aliphatic carbocycles. The van der Waals surface area contributed by atoms with Crippen LogP contribution in [-0.4, -0.2) is 35.8 Å². The van der Waals surface area contributed by atoms with Crippen molar-refractivity contribution in [3.63, 3.8) is 0 Å². The van der Waals surface area contributed by atoms with E-state index in [1.54, 1.807) is 18.0 Å². The van der Waals surface area contributed by atoms with Gasteiger partial charge < -0.3 is 14.8 Å². The lowest BCUT2D eigenvalue weighted by Gasteiger charge is -2.12. The van der Waals surface area contributed by atoms with Crippen LogP contribution in [0.25, 0.3) is 0 Å². The van der Waals surface area contributed by atoms with Crippen LogP contribution < -0.4 is 14.8 Å². The number of ether oxygens (including phenoxy) is 2. The van der Waals surface area contributed by atoms with Gasteiger partial charge in [0.2, 0.25) is 0 Å². The maximum atomic E-state index is 5.81. The zero-order valence-corrected chi connectivity index (χ0v) is 12.2. The Kier molecular flexibility index (Phi) is 3.77. The number of benzene rings is 1. The molecule has 1 aromatic heterocycles. The van der Waals surface area contributed by atoms with E-state index in [1.165, 1.54) is 0 Å². The zero-order valence-electron chi connectivity index (χ0n) is 12.2. The molecule has 1 aliphatic rings. The normalized spacial score (nSPS) is 13.7. The molecule has 0 unspecified atom stereocenters. The van der Waals surface area contributed by atoms with Gasteiger partial charge in [0.15, 0.2) is 11.5 Å². The number of hydrogen-bond acceptors (Lipinski definition) is 5. The van der Waals surface area contributed by atoms with E-state index in [0.717, 1.165) is 30.1 Å². The van der Waals surface area contributed by atoms with Gasteiger partial charge in [-0.3, -0.25) is 9.67 Å². The minimum Gasteiger partial charge on any atom is -0.493 e. The van der Waals surface area contributed by atoms with Crippen molar-refractivity contribution in [2.24, 2.45) is 12.0 Å². The summed E-state index contributed by atoms with van der Waals surface area (Å²) in [6.45, 7) is 2.16. The van der Waals surface area contributed by atoms with Crippen LogP contribution in [0.4, 0.5) is 0 Å². The Morgan fingerprint density at radius 1 is 1.33 bits per heavy atom. The van der Waals surface area contributed by atoms with E-state index < -0.39 is 0 Å². The Morgan fingerprint density at radius 3 is 2.90 bits per heavy atom. The number of methoxy groups -OCH3 is 1. The third-order valence-electron chi connectivity index (χ3n) is 3.26. The standard InChI is InChI=1S/C15H18N4O2/c1-19-9-11(8-18-19)10-21-13-4-3-12(7-14(13)20-2)15-16-5-6-17-15/h3-4,7-9H,5-6,10H2,1-2H3,(H,16,17). The van der Waals surface area contributed by atoms with E-state index >= 15 is 0 Å². The van der Waals surface area contributed by atoms with Gasteiger partial charge in [-0.15, -0.1) is 0 Å². The molecule has 0 spiro atoms.